The van der Waals surface area contributed by atoms with Crippen LogP contribution >= 0.6 is 11.3 Å². The summed E-state index contributed by atoms with van der Waals surface area (Å²) in [5.41, 5.74) is 1.07. The molecule has 5 nitrogen and oxygen atoms in total. The van der Waals surface area contributed by atoms with Gasteiger partial charge in [-0.3, -0.25) is 9.59 Å². The third kappa shape index (κ3) is 4.29. The molecule has 9 heteroatoms. The van der Waals surface area contributed by atoms with E-state index in [4.69, 9.17) is 0 Å². The Morgan fingerprint density at radius 2 is 1.71 bits per heavy atom. The third-order valence-electron chi connectivity index (χ3n) is 6.81. The van der Waals surface area contributed by atoms with Crippen molar-refractivity contribution in [2.45, 2.75) is 18.1 Å². The van der Waals surface area contributed by atoms with E-state index in [1.807, 2.05) is 34.5 Å². The molecule has 1 saturated heterocycles. The topological polar surface area (TPSA) is 43.9 Å². The van der Waals surface area contributed by atoms with E-state index in [2.05, 4.69) is 0 Å². The third-order valence-corrected chi connectivity index (χ3v) is 7.75. The highest BCUT2D eigenvalue weighted by Crippen LogP contribution is 2.44. The van der Waals surface area contributed by atoms with Crippen molar-refractivity contribution in [1.82, 2.24) is 9.80 Å². The fourth-order valence-corrected chi connectivity index (χ4v) is 5.92. The van der Waals surface area contributed by atoms with E-state index in [9.17, 15) is 22.8 Å². The van der Waals surface area contributed by atoms with Gasteiger partial charge in [-0.15, -0.1) is 11.3 Å². The number of amides is 2. The summed E-state index contributed by atoms with van der Waals surface area (Å²) in [6, 6.07) is 16.0. The Morgan fingerprint density at radius 3 is 2.40 bits per heavy atom. The van der Waals surface area contributed by atoms with Crippen molar-refractivity contribution in [3.63, 3.8) is 0 Å². The van der Waals surface area contributed by atoms with Gasteiger partial charge in [0.25, 0.3) is 5.91 Å². The number of hydrogen-bond donors (Lipinski definition) is 0. The molecule has 3 aromatic rings. The van der Waals surface area contributed by atoms with Crippen molar-refractivity contribution in [3.8, 4) is 0 Å². The van der Waals surface area contributed by atoms with Gasteiger partial charge in [0.15, 0.2) is 0 Å². The molecule has 3 heterocycles. The van der Waals surface area contributed by atoms with Gasteiger partial charge in [0.2, 0.25) is 5.91 Å². The van der Waals surface area contributed by atoms with Gasteiger partial charge in [-0.1, -0.05) is 30.3 Å². The molecule has 35 heavy (non-hydrogen) atoms. The molecule has 2 amide bonds. The van der Waals surface area contributed by atoms with Crippen LogP contribution in [0.1, 0.15) is 38.3 Å². The molecular formula is C26H24F3N3O2S. The first kappa shape index (κ1) is 23.4. The number of carbonyl (C=O) groups excluding carboxylic acids is 2. The van der Waals surface area contributed by atoms with Gasteiger partial charge in [-0.25, -0.2) is 0 Å². The van der Waals surface area contributed by atoms with Crippen molar-refractivity contribution >= 4 is 28.8 Å². The predicted octanol–water partition coefficient (Wildman–Crippen LogP) is 5.03. The number of hydrogen-bond acceptors (Lipinski definition) is 4. The summed E-state index contributed by atoms with van der Waals surface area (Å²) in [4.78, 5) is 33.2. The van der Waals surface area contributed by atoms with Gasteiger partial charge in [-0.05, 0) is 41.3 Å². The van der Waals surface area contributed by atoms with Crippen LogP contribution < -0.4 is 4.90 Å². The number of carbonyl (C=O) groups is 2. The second-order valence-corrected chi connectivity index (χ2v) is 9.78. The van der Waals surface area contributed by atoms with Gasteiger partial charge in [0.1, 0.15) is 0 Å². The minimum atomic E-state index is -4.40. The molecule has 0 unspecified atom stereocenters. The average Bonchev–Trinajstić information content (AvgIpc) is 3.40. The number of benzene rings is 2. The molecule has 0 N–H and O–H groups in total. The number of halogens is 3. The minimum Gasteiger partial charge on any atom is -0.368 e. The van der Waals surface area contributed by atoms with Crippen molar-refractivity contribution in [3.05, 3.63) is 87.6 Å². The number of fused-ring (bicyclic) bond motifs is 1. The van der Waals surface area contributed by atoms with E-state index < -0.39 is 23.7 Å². The first-order chi connectivity index (χ1) is 16.8. The number of likely N-dealkylation sites (N-methyl/N-ethyl adjacent to an activating group) is 1. The SMILES string of the molecule is CN1C(=O)c2ccccc2[C@@H](C(=O)N2CCN(c3cccc(C(F)(F)F)c3)CC2)[C@@H]1c1cccs1. The summed E-state index contributed by atoms with van der Waals surface area (Å²) >= 11 is 1.51. The number of rotatable bonds is 3. The number of piperazine rings is 1. The lowest BCUT2D eigenvalue weighted by atomic mass is 9.81. The lowest BCUT2D eigenvalue weighted by Crippen LogP contribution is -2.53. The monoisotopic (exact) mass is 499 g/mol. The highest BCUT2D eigenvalue weighted by molar-refractivity contribution is 7.10. The Bertz CT molecular complexity index is 1240. The molecule has 2 aromatic carbocycles. The zero-order valence-electron chi connectivity index (χ0n) is 19.0. The van der Waals surface area contributed by atoms with Gasteiger partial charge < -0.3 is 14.7 Å². The van der Waals surface area contributed by atoms with E-state index in [0.29, 0.717) is 37.4 Å². The Hall–Kier alpha value is -3.33. The predicted molar refractivity (Wildman–Crippen MR) is 129 cm³/mol. The van der Waals surface area contributed by atoms with Crippen molar-refractivity contribution in [2.24, 2.45) is 0 Å². The Kier molecular flexibility index (Phi) is 6.04. The van der Waals surface area contributed by atoms with Crippen molar-refractivity contribution in [1.29, 1.82) is 0 Å². The minimum absolute atomic E-state index is 0.0705. The molecular weight excluding hydrogens is 475 g/mol. The van der Waals surface area contributed by atoms with Gasteiger partial charge in [0, 0.05) is 49.4 Å². The van der Waals surface area contributed by atoms with E-state index in [-0.39, 0.29) is 11.8 Å². The Morgan fingerprint density at radius 1 is 0.971 bits per heavy atom. The van der Waals surface area contributed by atoms with Crippen LogP contribution in [0.15, 0.2) is 66.0 Å². The first-order valence-electron chi connectivity index (χ1n) is 11.4. The highest BCUT2D eigenvalue weighted by atomic mass is 32.1. The lowest BCUT2D eigenvalue weighted by Gasteiger charge is -2.43. The van der Waals surface area contributed by atoms with Crippen LogP contribution in [0.25, 0.3) is 0 Å². The summed E-state index contributed by atoms with van der Waals surface area (Å²) < 4.78 is 39.4. The average molecular weight is 500 g/mol. The summed E-state index contributed by atoms with van der Waals surface area (Å²) in [5, 5.41) is 1.93. The molecule has 0 bridgehead atoms. The number of anilines is 1. The summed E-state index contributed by atoms with van der Waals surface area (Å²) in [5.74, 6) is -0.732. The van der Waals surface area contributed by atoms with Gasteiger partial charge in [0.05, 0.1) is 17.5 Å². The van der Waals surface area contributed by atoms with E-state index in [1.165, 1.54) is 17.4 Å². The second kappa shape index (κ2) is 9.03. The first-order valence-corrected chi connectivity index (χ1v) is 12.2. The lowest BCUT2D eigenvalue weighted by molar-refractivity contribution is -0.137. The number of alkyl halides is 3. The number of nitrogens with zero attached hydrogens (tertiary/aromatic N) is 3. The van der Waals surface area contributed by atoms with Crippen LogP contribution in [0.4, 0.5) is 18.9 Å². The molecule has 2 atom stereocenters. The van der Waals surface area contributed by atoms with Crippen LogP contribution in [0.5, 0.6) is 0 Å². The molecule has 1 aromatic heterocycles. The maximum Gasteiger partial charge on any atom is 0.416 e. The van der Waals surface area contributed by atoms with E-state index in [0.717, 1.165) is 22.6 Å². The second-order valence-electron chi connectivity index (χ2n) is 8.80. The maximum atomic E-state index is 13.9. The van der Waals surface area contributed by atoms with Crippen LogP contribution in [0.3, 0.4) is 0 Å². The van der Waals surface area contributed by atoms with E-state index >= 15 is 0 Å². The van der Waals surface area contributed by atoms with Gasteiger partial charge in [-0.2, -0.15) is 13.2 Å². The van der Waals surface area contributed by atoms with Crippen molar-refractivity contribution in [2.75, 3.05) is 38.1 Å². The fraction of sp³-hybridized carbons (Fsp3) is 0.308. The number of thiophene rings is 1. The zero-order chi connectivity index (χ0) is 24.7. The van der Waals surface area contributed by atoms with Crippen LogP contribution in [0, 0.1) is 0 Å². The molecule has 5 rings (SSSR count). The molecule has 0 aliphatic carbocycles. The smallest absolute Gasteiger partial charge is 0.368 e. The summed E-state index contributed by atoms with van der Waals surface area (Å²) in [6.07, 6.45) is -4.40. The summed E-state index contributed by atoms with van der Waals surface area (Å²) in [7, 11) is 1.73. The van der Waals surface area contributed by atoms with Crippen LogP contribution in [-0.4, -0.2) is 54.8 Å². The normalized spacial score (nSPS) is 20.7. The molecule has 0 saturated carbocycles. The van der Waals surface area contributed by atoms with Crippen LogP contribution in [0.2, 0.25) is 0 Å². The summed E-state index contributed by atoms with van der Waals surface area (Å²) in [6.45, 7) is 1.64. The molecule has 2 aliphatic rings. The molecule has 182 valence electrons. The quantitative estimate of drug-likeness (QED) is 0.508. The molecule has 0 radical (unpaired) electrons. The standard InChI is InChI=1S/C26H24F3N3O2S/c1-30-23(21-10-5-15-35-21)22(19-8-2-3-9-20(19)24(30)33)25(34)32-13-11-31(12-14-32)18-7-4-6-17(16-18)26(27,28)29/h2-10,15-16,22-23H,11-14H2,1H3/t22-,23+/m1/s1. The Balaban J connectivity index is 1.40. The maximum absolute atomic E-state index is 13.9. The fourth-order valence-electron chi connectivity index (χ4n) is 5.02. The van der Waals surface area contributed by atoms with Gasteiger partial charge >= 0.3 is 6.18 Å². The zero-order valence-corrected chi connectivity index (χ0v) is 19.9. The van der Waals surface area contributed by atoms with Crippen molar-refractivity contribution < 1.29 is 22.8 Å². The largest absolute Gasteiger partial charge is 0.416 e. The molecule has 0 spiro atoms. The van der Waals surface area contributed by atoms with Crippen LogP contribution in [-0.2, 0) is 11.0 Å². The molecule has 1 fully saturated rings. The Labute approximate surface area is 205 Å². The molecule has 2 aliphatic heterocycles. The van der Waals surface area contributed by atoms with E-state index in [1.54, 1.807) is 35.0 Å². The highest BCUT2D eigenvalue weighted by Gasteiger charge is 2.44.